The first kappa shape index (κ1) is 17.3. The fourth-order valence-electron chi connectivity index (χ4n) is 3.32. The zero-order valence-corrected chi connectivity index (χ0v) is 14.6. The lowest BCUT2D eigenvalue weighted by Gasteiger charge is -2.13. The smallest absolute Gasteiger partial charge is 0.318 e. The van der Waals surface area contributed by atoms with Gasteiger partial charge in [-0.2, -0.15) is 8.78 Å². The molecule has 3 rings (SSSR count). The Morgan fingerprint density at radius 3 is 2.32 bits per heavy atom. The number of allylic oxidation sites excluding steroid dienone is 1. The summed E-state index contributed by atoms with van der Waals surface area (Å²) < 4.78 is 28.4. The first-order valence-electron chi connectivity index (χ1n) is 8.35. The highest BCUT2D eigenvalue weighted by Crippen LogP contribution is 2.37. The molecule has 0 bridgehead atoms. The summed E-state index contributed by atoms with van der Waals surface area (Å²) in [5.41, 5.74) is 4.89. The summed E-state index contributed by atoms with van der Waals surface area (Å²) in [6, 6.07) is 13.8. The predicted octanol–water partition coefficient (Wildman–Crippen LogP) is 5.50. The zero-order valence-electron chi connectivity index (χ0n) is 14.6. The first-order valence-corrected chi connectivity index (χ1v) is 8.35. The van der Waals surface area contributed by atoms with Crippen LogP contribution in [0.2, 0.25) is 0 Å². The van der Waals surface area contributed by atoms with Crippen LogP contribution in [-0.4, -0.2) is 11.8 Å². The van der Waals surface area contributed by atoms with Crippen LogP contribution in [0.1, 0.15) is 34.2 Å². The van der Waals surface area contributed by atoms with Crippen LogP contribution in [0.15, 0.2) is 59.3 Å². The van der Waals surface area contributed by atoms with Gasteiger partial charge in [-0.05, 0) is 50.3 Å². The molecule has 0 amide bonds. The average molecular weight is 341 g/mol. The van der Waals surface area contributed by atoms with Gasteiger partial charge in [-0.1, -0.05) is 59.3 Å². The van der Waals surface area contributed by atoms with Gasteiger partial charge in [-0.25, -0.2) is 0 Å². The molecule has 25 heavy (non-hydrogen) atoms. The Hall–Kier alpha value is -2.49. The number of oxime groups is 1. The molecule has 0 unspecified atom stereocenters. The summed E-state index contributed by atoms with van der Waals surface area (Å²) in [6.45, 7) is 5.81. The highest BCUT2D eigenvalue weighted by Gasteiger charge is 2.46. The lowest BCUT2D eigenvalue weighted by atomic mass is 9.91. The van der Waals surface area contributed by atoms with E-state index < -0.39 is 6.11 Å². The number of aryl methyl sites for hydroxylation is 4. The van der Waals surface area contributed by atoms with E-state index in [1.165, 1.54) is 0 Å². The van der Waals surface area contributed by atoms with Crippen LogP contribution in [0.4, 0.5) is 8.78 Å². The monoisotopic (exact) mass is 341 g/mol. The van der Waals surface area contributed by atoms with Crippen molar-refractivity contribution in [2.24, 2.45) is 5.16 Å². The molecule has 0 atom stereocenters. The molecule has 0 saturated heterocycles. The first-order chi connectivity index (χ1) is 11.9. The van der Waals surface area contributed by atoms with Gasteiger partial charge < -0.3 is 4.84 Å². The molecule has 0 radical (unpaired) electrons. The maximum absolute atomic E-state index is 14.2. The second-order valence-electron chi connectivity index (χ2n) is 6.46. The van der Waals surface area contributed by atoms with Gasteiger partial charge in [0.2, 0.25) is 0 Å². The van der Waals surface area contributed by atoms with Gasteiger partial charge in [0.1, 0.15) is 5.71 Å². The molecule has 0 aliphatic carbocycles. The highest BCUT2D eigenvalue weighted by atomic mass is 19.3. The van der Waals surface area contributed by atoms with E-state index in [2.05, 4.69) is 9.99 Å². The molecule has 130 valence electrons. The number of hydrogen-bond donors (Lipinski definition) is 0. The summed E-state index contributed by atoms with van der Waals surface area (Å²) in [7, 11) is 0. The Balaban J connectivity index is 1.90. The minimum Gasteiger partial charge on any atom is -0.318 e. The van der Waals surface area contributed by atoms with Gasteiger partial charge in [0.05, 0.1) is 5.57 Å². The average Bonchev–Trinajstić information content (AvgIpc) is 2.83. The largest absolute Gasteiger partial charge is 0.448 e. The van der Waals surface area contributed by atoms with Crippen molar-refractivity contribution in [3.8, 4) is 0 Å². The lowest BCUT2D eigenvalue weighted by molar-refractivity contribution is -0.194. The van der Waals surface area contributed by atoms with Crippen molar-refractivity contribution in [2.45, 2.75) is 39.7 Å². The molecular formula is C21H21F2NO. The quantitative estimate of drug-likeness (QED) is 0.720. The Kier molecular flexibility index (Phi) is 4.71. The van der Waals surface area contributed by atoms with E-state index in [0.717, 1.165) is 27.8 Å². The van der Waals surface area contributed by atoms with E-state index in [4.69, 9.17) is 0 Å². The van der Waals surface area contributed by atoms with Crippen molar-refractivity contribution >= 4 is 5.71 Å². The predicted molar refractivity (Wildman–Crippen MR) is 96.1 cm³/mol. The number of nitrogens with zero attached hydrogens (tertiary/aromatic N) is 1. The Morgan fingerprint density at radius 1 is 1.04 bits per heavy atom. The van der Waals surface area contributed by atoms with Crippen LogP contribution >= 0.6 is 0 Å². The molecule has 0 fully saturated rings. The molecular weight excluding hydrogens is 320 g/mol. The molecule has 4 heteroatoms. The fourth-order valence-corrected chi connectivity index (χ4v) is 3.32. The third kappa shape index (κ3) is 3.63. The van der Waals surface area contributed by atoms with Crippen LogP contribution < -0.4 is 0 Å². The zero-order chi connectivity index (χ0) is 18.0. The third-order valence-electron chi connectivity index (χ3n) is 4.36. The highest BCUT2D eigenvalue weighted by molar-refractivity contribution is 6.15. The number of alkyl halides is 2. The van der Waals surface area contributed by atoms with Gasteiger partial charge in [0.25, 0.3) is 0 Å². The molecule has 2 aromatic rings. The van der Waals surface area contributed by atoms with Crippen LogP contribution in [0.5, 0.6) is 0 Å². The molecule has 1 aliphatic rings. The molecule has 0 saturated carbocycles. The summed E-state index contributed by atoms with van der Waals surface area (Å²) in [5, 5.41) is 3.72. The molecule has 0 spiro atoms. The van der Waals surface area contributed by atoms with Crippen LogP contribution in [0, 0.1) is 20.8 Å². The minimum absolute atomic E-state index is 0.140. The number of rotatable bonds is 4. The maximum Gasteiger partial charge on any atom is 0.448 e. The summed E-state index contributed by atoms with van der Waals surface area (Å²) in [5.74, 6) is 0. The second kappa shape index (κ2) is 6.79. The van der Waals surface area contributed by atoms with E-state index >= 15 is 0 Å². The second-order valence-corrected chi connectivity index (χ2v) is 6.46. The SMILES string of the molecule is Cc1cc(C)c(C2=NOC(F)(F)/C2=C/CCc2ccccc2)c(C)c1. The van der Waals surface area contributed by atoms with E-state index in [0.29, 0.717) is 12.8 Å². The van der Waals surface area contributed by atoms with E-state index in [9.17, 15) is 8.78 Å². The summed E-state index contributed by atoms with van der Waals surface area (Å²) >= 11 is 0. The van der Waals surface area contributed by atoms with Crippen LogP contribution in [-0.2, 0) is 11.3 Å². The van der Waals surface area contributed by atoms with E-state index in [1.807, 2.05) is 63.2 Å². The van der Waals surface area contributed by atoms with Gasteiger partial charge in [0.15, 0.2) is 0 Å². The van der Waals surface area contributed by atoms with Gasteiger partial charge in [-0.15, -0.1) is 0 Å². The molecule has 2 nitrogen and oxygen atoms in total. The Labute approximate surface area is 146 Å². The number of benzene rings is 2. The van der Waals surface area contributed by atoms with Gasteiger partial charge in [-0.3, -0.25) is 0 Å². The standard InChI is InChI=1S/C21H21F2NO/c1-14-12-15(2)19(16(3)13-14)20-18(21(22,23)25-24-20)11-7-10-17-8-5-4-6-9-17/h4-6,8-9,11-13H,7,10H2,1-3H3/b18-11+. The maximum atomic E-state index is 14.2. The topological polar surface area (TPSA) is 21.6 Å². The van der Waals surface area contributed by atoms with Crippen LogP contribution in [0.25, 0.3) is 0 Å². The van der Waals surface area contributed by atoms with Crippen molar-refractivity contribution in [3.05, 3.63) is 81.9 Å². The van der Waals surface area contributed by atoms with Crippen molar-refractivity contribution in [1.29, 1.82) is 0 Å². The van der Waals surface area contributed by atoms with Gasteiger partial charge >= 0.3 is 6.11 Å². The molecule has 0 aromatic heterocycles. The van der Waals surface area contributed by atoms with E-state index in [-0.39, 0.29) is 11.3 Å². The van der Waals surface area contributed by atoms with Crippen molar-refractivity contribution in [1.82, 2.24) is 0 Å². The van der Waals surface area contributed by atoms with Crippen molar-refractivity contribution in [3.63, 3.8) is 0 Å². The minimum atomic E-state index is -3.38. The summed E-state index contributed by atoms with van der Waals surface area (Å²) in [4.78, 5) is 4.45. The molecule has 1 heterocycles. The van der Waals surface area contributed by atoms with Crippen molar-refractivity contribution in [2.75, 3.05) is 0 Å². The number of hydrogen-bond acceptors (Lipinski definition) is 2. The molecule has 2 aromatic carbocycles. The third-order valence-corrected chi connectivity index (χ3v) is 4.36. The summed E-state index contributed by atoms with van der Waals surface area (Å²) in [6.07, 6.45) is -0.631. The van der Waals surface area contributed by atoms with Crippen LogP contribution in [0.3, 0.4) is 0 Å². The lowest BCUT2D eigenvalue weighted by Crippen LogP contribution is -2.21. The normalized spacial score (nSPS) is 17.5. The van der Waals surface area contributed by atoms with Gasteiger partial charge in [0, 0.05) is 5.56 Å². The Bertz CT molecular complexity index is 815. The molecule has 0 N–H and O–H groups in total. The fraction of sp³-hybridized carbons (Fsp3) is 0.286. The van der Waals surface area contributed by atoms with E-state index in [1.54, 1.807) is 6.08 Å². The Morgan fingerprint density at radius 2 is 1.68 bits per heavy atom. The van der Waals surface area contributed by atoms with Crippen molar-refractivity contribution < 1.29 is 13.6 Å². The molecule has 1 aliphatic heterocycles. The number of halogens is 2.